The Labute approximate surface area is 137 Å². The van der Waals surface area contributed by atoms with Gasteiger partial charge in [0.05, 0.1) is 29.1 Å². The lowest BCUT2D eigenvalue weighted by molar-refractivity contribution is 0.0636. The molecule has 0 aliphatic carbocycles. The van der Waals surface area contributed by atoms with E-state index < -0.39 is 11.7 Å². The minimum absolute atomic E-state index is 0.288. The number of amides is 1. The third-order valence-electron chi connectivity index (χ3n) is 3.03. The van der Waals surface area contributed by atoms with Crippen molar-refractivity contribution in [1.82, 2.24) is 0 Å². The number of halogens is 2. The maximum absolute atomic E-state index is 13.9. The highest BCUT2D eigenvalue weighted by Crippen LogP contribution is 2.32. The van der Waals surface area contributed by atoms with E-state index in [-0.39, 0.29) is 10.3 Å². The molecular weight excluding hydrogens is 355 g/mol. The van der Waals surface area contributed by atoms with Crippen LogP contribution in [0.25, 0.3) is 0 Å². The van der Waals surface area contributed by atoms with Gasteiger partial charge in [0, 0.05) is 19.2 Å². The number of ether oxygens (including phenoxy) is 2. The van der Waals surface area contributed by atoms with Crippen molar-refractivity contribution in [3.05, 3.63) is 22.4 Å². The Morgan fingerprint density at radius 2 is 2.00 bits per heavy atom. The van der Waals surface area contributed by atoms with E-state index in [0.717, 1.165) is 0 Å². The molecule has 1 saturated heterocycles. The van der Waals surface area contributed by atoms with E-state index >= 15 is 0 Å². The summed E-state index contributed by atoms with van der Waals surface area (Å²) in [4.78, 5) is 14.0. The number of benzene rings is 1. The van der Waals surface area contributed by atoms with Gasteiger partial charge in [-0.25, -0.2) is 9.18 Å². The molecule has 2 rings (SSSR count). The Bertz CT molecular complexity index is 554. The van der Waals surface area contributed by atoms with Gasteiger partial charge in [0.15, 0.2) is 0 Å². The van der Waals surface area contributed by atoms with Gasteiger partial charge in [0.25, 0.3) is 0 Å². The molecule has 0 aromatic heterocycles. The number of carbonyl (C=O) groups is 1. The molecule has 7 heteroatoms. The molecule has 0 unspecified atom stereocenters. The van der Waals surface area contributed by atoms with Crippen molar-refractivity contribution in [3.8, 4) is 0 Å². The summed E-state index contributed by atoms with van der Waals surface area (Å²) in [5, 5.41) is 2.69. The van der Waals surface area contributed by atoms with Gasteiger partial charge < -0.3 is 14.4 Å². The lowest BCUT2D eigenvalue weighted by atomic mass is 10.2. The van der Waals surface area contributed by atoms with Crippen LogP contribution in [0.3, 0.4) is 0 Å². The fourth-order valence-corrected chi connectivity index (χ4v) is 2.46. The number of hydrogen-bond donors (Lipinski definition) is 1. The number of hydrogen-bond acceptors (Lipinski definition) is 4. The minimum atomic E-state index is -0.597. The Balaban J connectivity index is 2.24. The SMILES string of the molecule is CC(C)(C)OC(=O)Nc1cc(Br)c(F)cc1N1CCOCC1. The Morgan fingerprint density at radius 1 is 1.36 bits per heavy atom. The summed E-state index contributed by atoms with van der Waals surface area (Å²) in [5.41, 5.74) is 0.528. The van der Waals surface area contributed by atoms with Gasteiger partial charge in [0.2, 0.25) is 0 Å². The highest BCUT2D eigenvalue weighted by atomic mass is 79.9. The Hall–Kier alpha value is -1.34. The van der Waals surface area contributed by atoms with Crippen molar-refractivity contribution in [2.45, 2.75) is 26.4 Å². The van der Waals surface area contributed by atoms with Gasteiger partial charge in [-0.15, -0.1) is 0 Å². The molecule has 0 radical (unpaired) electrons. The molecule has 1 aliphatic rings. The number of morpholine rings is 1. The maximum Gasteiger partial charge on any atom is 0.412 e. The molecule has 1 aromatic rings. The first-order chi connectivity index (χ1) is 10.3. The van der Waals surface area contributed by atoms with Crippen LogP contribution in [0.1, 0.15) is 20.8 Å². The van der Waals surface area contributed by atoms with Crippen molar-refractivity contribution < 1.29 is 18.7 Å². The monoisotopic (exact) mass is 374 g/mol. The van der Waals surface area contributed by atoms with Crippen LogP contribution in [0.5, 0.6) is 0 Å². The zero-order valence-electron chi connectivity index (χ0n) is 12.9. The maximum atomic E-state index is 13.9. The van der Waals surface area contributed by atoms with Crippen LogP contribution in [0.4, 0.5) is 20.6 Å². The van der Waals surface area contributed by atoms with Gasteiger partial charge in [-0.1, -0.05) is 0 Å². The first-order valence-electron chi connectivity index (χ1n) is 7.08. The van der Waals surface area contributed by atoms with Crippen LogP contribution in [0.2, 0.25) is 0 Å². The highest BCUT2D eigenvalue weighted by molar-refractivity contribution is 9.10. The molecular formula is C15H20BrFN2O3. The summed E-state index contributed by atoms with van der Waals surface area (Å²) in [6, 6.07) is 2.95. The lowest BCUT2D eigenvalue weighted by Crippen LogP contribution is -2.37. The molecule has 0 bridgehead atoms. The van der Waals surface area contributed by atoms with E-state index in [1.165, 1.54) is 6.07 Å². The fraction of sp³-hybridized carbons (Fsp3) is 0.533. The molecule has 5 nitrogen and oxygen atoms in total. The molecule has 0 spiro atoms. The van der Waals surface area contributed by atoms with Gasteiger partial charge in [-0.2, -0.15) is 0 Å². The molecule has 0 atom stereocenters. The van der Waals surface area contributed by atoms with Gasteiger partial charge in [-0.3, -0.25) is 5.32 Å². The first-order valence-corrected chi connectivity index (χ1v) is 7.87. The molecule has 122 valence electrons. The van der Waals surface area contributed by atoms with Crippen molar-refractivity contribution in [3.63, 3.8) is 0 Å². The van der Waals surface area contributed by atoms with Crippen molar-refractivity contribution in [2.75, 3.05) is 36.5 Å². The number of nitrogens with one attached hydrogen (secondary N) is 1. The van der Waals surface area contributed by atoms with E-state index in [4.69, 9.17) is 9.47 Å². The molecule has 1 fully saturated rings. The first kappa shape index (κ1) is 17.0. The van der Waals surface area contributed by atoms with E-state index in [9.17, 15) is 9.18 Å². The van der Waals surface area contributed by atoms with Crippen LogP contribution in [-0.4, -0.2) is 38.0 Å². The smallest absolute Gasteiger partial charge is 0.412 e. The zero-order chi connectivity index (χ0) is 16.3. The molecule has 22 heavy (non-hydrogen) atoms. The molecule has 1 heterocycles. The summed E-state index contributed by atoms with van der Waals surface area (Å²) in [6.07, 6.45) is -0.569. The predicted octanol–water partition coefficient (Wildman–Crippen LogP) is 3.77. The minimum Gasteiger partial charge on any atom is -0.444 e. The predicted molar refractivity (Wildman–Crippen MR) is 87.0 cm³/mol. The summed E-state index contributed by atoms with van der Waals surface area (Å²) >= 11 is 3.15. The van der Waals surface area contributed by atoms with E-state index in [2.05, 4.69) is 21.2 Å². The molecule has 1 aliphatic heterocycles. The third kappa shape index (κ3) is 4.58. The van der Waals surface area contributed by atoms with Crippen molar-refractivity contribution >= 4 is 33.4 Å². The molecule has 1 aromatic carbocycles. The zero-order valence-corrected chi connectivity index (χ0v) is 14.5. The fourth-order valence-electron chi connectivity index (χ4n) is 2.12. The second-order valence-electron chi connectivity index (χ2n) is 6.01. The third-order valence-corrected chi connectivity index (χ3v) is 3.63. The van der Waals surface area contributed by atoms with Crippen LogP contribution >= 0.6 is 15.9 Å². The number of anilines is 2. The number of rotatable bonds is 2. The van der Waals surface area contributed by atoms with Crippen LogP contribution in [0, 0.1) is 5.82 Å². The summed E-state index contributed by atoms with van der Waals surface area (Å²) in [6.45, 7) is 7.80. The average molecular weight is 375 g/mol. The second kappa shape index (κ2) is 6.83. The normalized spacial score (nSPS) is 15.6. The topological polar surface area (TPSA) is 50.8 Å². The molecule has 1 amide bonds. The van der Waals surface area contributed by atoms with Gasteiger partial charge in [-0.05, 0) is 42.8 Å². The second-order valence-corrected chi connectivity index (χ2v) is 6.86. The largest absolute Gasteiger partial charge is 0.444 e. The summed E-state index contributed by atoms with van der Waals surface area (Å²) in [7, 11) is 0. The Kier molecular flexibility index (Phi) is 5.28. The van der Waals surface area contributed by atoms with Gasteiger partial charge >= 0.3 is 6.09 Å². The standard InChI is InChI=1S/C15H20BrFN2O3/c1-15(2,3)22-14(20)18-12-8-10(16)11(17)9-13(12)19-4-6-21-7-5-19/h8-9H,4-7H2,1-3H3,(H,18,20). The van der Waals surface area contributed by atoms with Crippen LogP contribution in [0.15, 0.2) is 16.6 Å². The molecule has 0 saturated carbocycles. The number of nitrogens with zero attached hydrogens (tertiary/aromatic N) is 1. The quantitative estimate of drug-likeness (QED) is 0.855. The van der Waals surface area contributed by atoms with Crippen LogP contribution < -0.4 is 10.2 Å². The summed E-state index contributed by atoms with van der Waals surface area (Å²) in [5.74, 6) is -0.378. The Morgan fingerprint density at radius 3 is 2.59 bits per heavy atom. The summed E-state index contributed by atoms with van der Waals surface area (Å²) < 4.78 is 24.7. The van der Waals surface area contributed by atoms with Crippen molar-refractivity contribution in [2.24, 2.45) is 0 Å². The molecule has 1 N–H and O–H groups in total. The number of carbonyl (C=O) groups excluding carboxylic acids is 1. The van der Waals surface area contributed by atoms with Crippen LogP contribution in [-0.2, 0) is 9.47 Å². The van der Waals surface area contributed by atoms with Gasteiger partial charge in [0.1, 0.15) is 11.4 Å². The lowest BCUT2D eigenvalue weighted by Gasteiger charge is -2.31. The van der Waals surface area contributed by atoms with E-state index in [1.54, 1.807) is 26.8 Å². The van der Waals surface area contributed by atoms with E-state index in [0.29, 0.717) is 37.7 Å². The van der Waals surface area contributed by atoms with E-state index in [1.807, 2.05) is 4.90 Å². The highest BCUT2D eigenvalue weighted by Gasteiger charge is 2.21. The average Bonchev–Trinajstić information content (AvgIpc) is 2.41. The van der Waals surface area contributed by atoms with Crippen molar-refractivity contribution in [1.29, 1.82) is 0 Å².